The van der Waals surface area contributed by atoms with Crippen molar-refractivity contribution in [3.63, 3.8) is 0 Å². The van der Waals surface area contributed by atoms with Gasteiger partial charge in [-0.25, -0.2) is 4.79 Å². The topological polar surface area (TPSA) is 92.3 Å². The molecule has 1 heterocycles. The lowest BCUT2D eigenvalue weighted by molar-refractivity contribution is 0.0601. The minimum absolute atomic E-state index is 0.186. The number of carbonyl (C=O) groups is 1. The Morgan fingerprint density at radius 1 is 1.39 bits per heavy atom. The molecule has 6 heteroatoms. The van der Waals surface area contributed by atoms with Gasteiger partial charge in [0, 0.05) is 5.56 Å². The fourth-order valence-electron chi connectivity index (χ4n) is 1.49. The van der Waals surface area contributed by atoms with Crippen LogP contribution >= 0.6 is 0 Å². The summed E-state index contributed by atoms with van der Waals surface area (Å²) in [5, 5.41) is 9.26. The van der Waals surface area contributed by atoms with Crippen molar-refractivity contribution in [1.82, 2.24) is 9.97 Å². The molecule has 0 aliphatic heterocycles. The Kier molecular flexibility index (Phi) is 3.09. The number of aromatic nitrogens is 2. The zero-order chi connectivity index (χ0) is 13.1. The molecule has 0 aliphatic rings. The molecular formula is C12H10N2O4. The number of nitrogens with zero attached hydrogens (tertiary/aromatic N) is 1. The Morgan fingerprint density at radius 3 is 2.83 bits per heavy atom. The lowest BCUT2D eigenvalue weighted by Gasteiger charge is -2.03. The molecule has 2 rings (SSSR count). The van der Waals surface area contributed by atoms with Crippen LogP contribution in [0.2, 0.25) is 0 Å². The van der Waals surface area contributed by atoms with Crippen LogP contribution < -0.4 is 5.56 Å². The molecule has 0 bridgehead atoms. The smallest absolute Gasteiger partial charge is 0.337 e. The van der Waals surface area contributed by atoms with Gasteiger partial charge in [-0.2, -0.15) is 4.98 Å². The van der Waals surface area contributed by atoms with Gasteiger partial charge in [0.25, 0.3) is 5.56 Å². The van der Waals surface area contributed by atoms with Crippen molar-refractivity contribution >= 4 is 5.97 Å². The first-order valence-electron chi connectivity index (χ1n) is 5.09. The van der Waals surface area contributed by atoms with Crippen LogP contribution in [0.25, 0.3) is 11.4 Å². The zero-order valence-electron chi connectivity index (χ0n) is 9.51. The van der Waals surface area contributed by atoms with E-state index in [1.165, 1.54) is 13.2 Å². The van der Waals surface area contributed by atoms with Crippen LogP contribution in [0.4, 0.5) is 0 Å². The van der Waals surface area contributed by atoms with Crippen molar-refractivity contribution < 1.29 is 14.6 Å². The predicted octanol–water partition coefficient (Wildman–Crippen LogP) is 0.929. The van der Waals surface area contributed by atoms with E-state index in [1.807, 2.05) is 0 Å². The standard InChI is InChI=1S/C12H10N2O4/c1-18-12(17)8-4-2-3-7(5-8)11-13-9(15)6-10(16)14-11/h2-6H,1H3,(H2,13,14,15,16). The van der Waals surface area contributed by atoms with Crippen molar-refractivity contribution in [2.45, 2.75) is 0 Å². The van der Waals surface area contributed by atoms with Gasteiger partial charge in [0.05, 0.1) is 18.7 Å². The zero-order valence-corrected chi connectivity index (χ0v) is 9.51. The Labute approximate surface area is 102 Å². The highest BCUT2D eigenvalue weighted by atomic mass is 16.5. The average molecular weight is 246 g/mol. The molecule has 0 spiro atoms. The third-order valence-corrected chi connectivity index (χ3v) is 2.29. The summed E-state index contributed by atoms with van der Waals surface area (Å²) in [5.41, 5.74) is 0.368. The number of esters is 1. The summed E-state index contributed by atoms with van der Waals surface area (Å²) in [6.07, 6.45) is 0. The summed E-state index contributed by atoms with van der Waals surface area (Å²) in [4.78, 5) is 28.8. The predicted molar refractivity (Wildman–Crippen MR) is 63.3 cm³/mol. The van der Waals surface area contributed by atoms with E-state index >= 15 is 0 Å². The van der Waals surface area contributed by atoms with Crippen molar-refractivity contribution in [3.8, 4) is 17.3 Å². The molecule has 1 aromatic carbocycles. The number of carbonyl (C=O) groups excluding carboxylic acids is 1. The number of benzene rings is 1. The van der Waals surface area contributed by atoms with Gasteiger partial charge in [0.2, 0.25) is 5.88 Å². The maximum atomic E-state index is 11.4. The molecule has 0 fully saturated rings. The van der Waals surface area contributed by atoms with Gasteiger partial charge in [-0.1, -0.05) is 12.1 Å². The Balaban J connectivity index is 2.51. The molecule has 0 aliphatic carbocycles. The van der Waals surface area contributed by atoms with Gasteiger partial charge in [-0.15, -0.1) is 0 Å². The van der Waals surface area contributed by atoms with Crippen molar-refractivity contribution in [3.05, 3.63) is 46.2 Å². The van der Waals surface area contributed by atoms with Crippen LogP contribution in [-0.2, 0) is 4.74 Å². The lowest BCUT2D eigenvalue weighted by atomic mass is 10.1. The molecule has 0 unspecified atom stereocenters. The number of rotatable bonds is 2. The fraction of sp³-hybridized carbons (Fsp3) is 0.0833. The van der Waals surface area contributed by atoms with Crippen LogP contribution in [0, 0.1) is 0 Å². The summed E-state index contributed by atoms with van der Waals surface area (Å²) in [6, 6.07) is 7.35. The largest absolute Gasteiger partial charge is 0.493 e. The Bertz CT molecular complexity index is 649. The first-order chi connectivity index (χ1) is 8.60. The highest BCUT2D eigenvalue weighted by molar-refractivity contribution is 5.90. The maximum Gasteiger partial charge on any atom is 0.337 e. The Hall–Kier alpha value is -2.63. The summed E-state index contributed by atoms with van der Waals surface area (Å²) in [6.45, 7) is 0. The highest BCUT2D eigenvalue weighted by Crippen LogP contribution is 2.17. The normalized spacial score (nSPS) is 10.1. The molecule has 0 saturated carbocycles. The van der Waals surface area contributed by atoms with E-state index in [4.69, 9.17) is 0 Å². The van der Waals surface area contributed by atoms with E-state index in [9.17, 15) is 14.7 Å². The van der Waals surface area contributed by atoms with Gasteiger partial charge in [-0.3, -0.25) is 4.79 Å². The lowest BCUT2D eigenvalue weighted by Crippen LogP contribution is -2.07. The quantitative estimate of drug-likeness (QED) is 0.769. The molecule has 0 amide bonds. The first-order valence-corrected chi connectivity index (χ1v) is 5.09. The molecule has 92 valence electrons. The van der Waals surface area contributed by atoms with Gasteiger partial charge in [0.1, 0.15) is 5.82 Å². The SMILES string of the molecule is COC(=O)c1cccc(-c2nc(O)cc(=O)[nH]2)c1. The summed E-state index contributed by atoms with van der Waals surface area (Å²) >= 11 is 0. The number of ether oxygens (including phenoxy) is 1. The molecule has 2 N–H and O–H groups in total. The van der Waals surface area contributed by atoms with E-state index in [-0.39, 0.29) is 11.7 Å². The van der Waals surface area contributed by atoms with Crippen LogP contribution in [0.15, 0.2) is 35.1 Å². The monoisotopic (exact) mass is 246 g/mol. The molecule has 2 aromatic rings. The summed E-state index contributed by atoms with van der Waals surface area (Å²) < 4.78 is 4.59. The van der Waals surface area contributed by atoms with Crippen LogP contribution in [-0.4, -0.2) is 28.2 Å². The summed E-state index contributed by atoms with van der Waals surface area (Å²) in [5.74, 6) is -0.678. The molecule has 0 atom stereocenters. The third-order valence-electron chi connectivity index (χ3n) is 2.29. The van der Waals surface area contributed by atoms with E-state index < -0.39 is 11.5 Å². The summed E-state index contributed by atoms with van der Waals surface area (Å²) in [7, 11) is 1.28. The minimum Gasteiger partial charge on any atom is -0.493 e. The minimum atomic E-state index is -0.487. The Morgan fingerprint density at radius 2 is 2.17 bits per heavy atom. The third kappa shape index (κ3) is 2.37. The number of aromatic hydroxyl groups is 1. The fourth-order valence-corrected chi connectivity index (χ4v) is 1.49. The molecule has 0 radical (unpaired) electrons. The molecule has 0 saturated heterocycles. The van der Waals surface area contributed by atoms with Gasteiger partial charge < -0.3 is 14.8 Å². The second kappa shape index (κ2) is 4.70. The first kappa shape index (κ1) is 11.8. The number of hydrogen-bond donors (Lipinski definition) is 2. The molecule has 1 aromatic heterocycles. The van der Waals surface area contributed by atoms with Crippen molar-refractivity contribution in [1.29, 1.82) is 0 Å². The second-order valence-corrected chi connectivity index (χ2v) is 3.52. The van der Waals surface area contributed by atoms with Crippen LogP contribution in [0.5, 0.6) is 5.88 Å². The second-order valence-electron chi connectivity index (χ2n) is 3.52. The van der Waals surface area contributed by atoms with E-state index in [2.05, 4.69) is 14.7 Å². The highest BCUT2D eigenvalue weighted by Gasteiger charge is 2.08. The number of hydrogen-bond acceptors (Lipinski definition) is 5. The van der Waals surface area contributed by atoms with E-state index in [0.29, 0.717) is 11.1 Å². The molecule has 6 nitrogen and oxygen atoms in total. The van der Waals surface area contributed by atoms with Crippen LogP contribution in [0.1, 0.15) is 10.4 Å². The van der Waals surface area contributed by atoms with Crippen molar-refractivity contribution in [2.24, 2.45) is 0 Å². The number of nitrogens with one attached hydrogen (secondary N) is 1. The van der Waals surface area contributed by atoms with Gasteiger partial charge in [-0.05, 0) is 12.1 Å². The van der Waals surface area contributed by atoms with Crippen LogP contribution in [0.3, 0.4) is 0 Å². The number of H-pyrrole nitrogens is 1. The van der Waals surface area contributed by atoms with E-state index in [1.54, 1.807) is 18.2 Å². The van der Waals surface area contributed by atoms with E-state index in [0.717, 1.165) is 6.07 Å². The maximum absolute atomic E-state index is 11.4. The van der Waals surface area contributed by atoms with Gasteiger partial charge in [0.15, 0.2) is 0 Å². The molecular weight excluding hydrogens is 236 g/mol. The number of aromatic amines is 1. The average Bonchev–Trinajstić information content (AvgIpc) is 2.37. The van der Waals surface area contributed by atoms with Crippen molar-refractivity contribution in [2.75, 3.05) is 7.11 Å². The molecule has 18 heavy (non-hydrogen) atoms. The number of methoxy groups -OCH3 is 1. The van der Waals surface area contributed by atoms with Gasteiger partial charge >= 0.3 is 5.97 Å².